The Morgan fingerprint density at radius 1 is 0.912 bits per heavy atom. The minimum Gasteiger partial charge on any atom is -0.493 e. The van der Waals surface area contributed by atoms with Gasteiger partial charge in [0.15, 0.2) is 0 Å². The molecule has 0 aliphatic rings. The largest absolute Gasteiger partial charge is 0.493 e. The van der Waals surface area contributed by atoms with Crippen molar-refractivity contribution >= 4 is 6.21 Å². The predicted octanol–water partition coefficient (Wildman–Crippen LogP) is 4.49. The SMILES string of the molecule is Cc1cc(C)cc(-n2c(O)c(C=NCCC(c3ccccc3)c3ccccc3)c(=O)[nH]c2=O)c1. The first-order valence-electron chi connectivity index (χ1n) is 11.2. The third-order valence-electron chi connectivity index (χ3n) is 5.76. The highest BCUT2D eigenvalue weighted by Crippen LogP contribution is 2.27. The molecule has 0 bridgehead atoms. The molecule has 0 saturated heterocycles. The van der Waals surface area contributed by atoms with Gasteiger partial charge < -0.3 is 5.11 Å². The Kier molecular flexibility index (Phi) is 6.87. The standard InChI is InChI=1S/C28H27N3O3/c1-19-15-20(2)17-23(16-19)31-27(33)25(26(32)30-28(31)34)18-29-14-13-24(21-9-5-3-6-10-21)22-11-7-4-8-12-22/h3-12,15-18,24,33H,13-14H2,1-2H3,(H,30,32,34). The molecule has 0 spiro atoms. The summed E-state index contributed by atoms with van der Waals surface area (Å²) in [5.41, 5.74) is 3.33. The maximum Gasteiger partial charge on any atom is 0.335 e. The van der Waals surface area contributed by atoms with Crippen LogP contribution in [0.25, 0.3) is 5.69 Å². The first-order chi connectivity index (χ1) is 16.4. The van der Waals surface area contributed by atoms with E-state index in [4.69, 9.17) is 0 Å². The molecule has 6 nitrogen and oxygen atoms in total. The number of rotatable bonds is 7. The molecule has 0 amide bonds. The summed E-state index contributed by atoms with van der Waals surface area (Å²) < 4.78 is 1.10. The van der Waals surface area contributed by atoms with E-state index in [1.165, 1.54) is 17.3 Å². The number of nitrogens with zero attached hydrogens (tertiary/aromatic N) is 2. The quantitative estimate of drug-likeness (QED) is 0.404. The van der Waals surface area contributed by atoms with E-state index in [9.17, 15) is 14.7 Å². The number of H-pyrrole nitrogens is 1. The van der Waals surface area contributed by atoms with Crippen molar-refractivity contribution < 1.29 is 5.11 Å². The average Bonchev–Trinajstić information content (AvgIpc) is 2.81. The van der Waals surface area contributed by atoms with Gasteiger partial charge in [-0.1, -0.05) is 66.7 Å². The zero-order valence-electron chi connectivity index (χ0n) is 19.2. The minimum absolute atomic E-state index is 0.0465. The molecule has 0 unspecified atom stereocenters. The van der Waals surface area contributed by atoms with Gasteiger partial charge in [0, 0.05) is 18.7 Å². The van der Waals surface area contributed by atoms with Crippen LogP contribution in [0.5, 0.6) is 5.88 Å². The lowest BCUT2D eigenvalue weighted by Gasteiger charge is -2.17. The van der Waals surface area contributed by atoms with Crippen molar-refractivity contribution in [2.24, 2.45) is 4.99 Å². The molecule has 4 aromatic rings. The van der Waals surface area contributed by atoms with Crippen molar-refractivity contribution in [2.45, 2.75) is 26.2 Å². The topological polar surface area (TPSA) is 87.4 Å². The molecule has 0 atom stereocenters. The molecule has 0 aliphatic carbocycles. The van der Waals surface area contributed by atoms with Gasteiger partial charge in [0.1, 0.15) is 5.56 Å². The lowest BCUT2D eigenvalue weighted by atomic mass is 9.89. The summed E-state index contributed by atoms with van der Waals surface area (Å²) in [4.78, 5) is 31.6. The number of benzene rings is 3. The van der Waals surface area contributed by atoms with E-state index in [-0.39, 0.29) is 11.5 Å². The van der Waals surface area contributed by atoms with E-state index >= 15 is 0 Å². The monoisotopic (exact) mass is 453 g/mol. The molecule has 0 saturated carbocycles. The molecule has 0 aliphatic heterocycles. The smallest absolute Gasteiger partial charge is 0.335 e. The number of aromatic hydroxyl groups is 1. The van der Waals surface area contributed by atoms with Crippen LogP contribution in [-0.2, 0) is 0 Å². The normalized spacial score (nSPS) is 11.4. The van der Waals surface area contributed by atoms with Gasteiger partial charge in [-0.3, -0.25) is 14.8 Å². The Bertz CT molecular complexity index is 1360. The van der Waals surface area contributed by atoms with E-state index in [1.54, 1.807) is 12.1 Å². The van der Waals surface area contributed by atoms with Gasteiger partial charge in [0.25, 0.3) is 5.56 Å². The molecule has 3 aromatic carbocycles. The Labute approximate surface area is 197 Å². The van der Waals surface area contributed by atoms with Crippen LogP contribution in [0.15, 0.2) is 93.4 Å². The van der Waals surface area contributed by atoms with E-state index in [0.717, 1.165) is 22.1 Å². The highest BCUT2D eigenvalue weighted by molar-refractivity contribution is 5.82. The second-order valence-corrected chi connectivity index (χ2v) is 8.38. The Balaban J connectivity index is 1.61. The van der Waals surface area contributed by atoms with Gasteiger partial charge >= 0.3 is 5.69 Å². The molecule has 0 fully saturated rings. The molecule has 4 rings (SSSR count). The number of aromatic amines is 1. The van der Waals surface area contributed by atoms with Crippen LogP contribution in [0.2, 0.25) is 0 Å². The Hall–Kier alpha value is -4.19. The van der Waals surface area contributed by atoms with Gasteiger partial charge in [-0.15, -0.1) is 0 Å². The van der Waals surface area contributed by atoms with Crippen LogP contribution >= 0.6 is 0 Å². The van der Waals surface area contributed by atoms with Crippen molar-refractivity contribution in [3.05, 3.63) is 128 Å². The summed E-state index contributed by atoms with van der Waals surface area (Å²) in [6, 6.07) is 25.9. The Morgan fingerprint density at radius 2 is 1.47 bits per heavy atom. The molecule has 34 heavy (non-hydrogen) atoms. The zero-order valence-corrected chi connectivity index (χ0v) is 19.2. The number of hydrogen-bond donors (Lipinski definition) is 2. The second-order valence-electron chi connectivity index (χ2n) is 8.38. The van der Waals surface area contributed by atoms with Crippen molar-refractivity contribution in [1.82, 2.24) is 9.55 Å². The minimum atomic E-state index is -0.696. The number of aliphatic imine (C=N–C) groups is 1. The molecule has 0 radical (unpaired) electrons. The molecule has 2 N–H and O–H groups in total. The van der Waals surface area contributed by atoms with Gasteiger partial charge in [-0.2, -0.15) is 0 Å². The lowest BCUT2D eigenvalue weighted by molar-refractivity contribution is 0.430. The molecular weight excluding hydrogens is 426 g/mol. The first-order valence-corrected chi connectivity index (χ1v) is 11.2. The molecule has 172 valence electrons. The fourth-order valence-electron chi connectivity index (χ4n) is 4.23. The zero-order chi connectivity index (χ0) is 24.1. The van der Waals surface area contributed by atoms with Crippen LogP contribution in [0.3, 0.4) is 0 Å². The summed E-state index contributed by atoms with van der Waals surface area (Å²) in [5.74, 6) is -0.277. The highest BCUT2D eigenvalue weighted by atomic mass is 16.3. The molecule has 1 aromatic heterocycles. The summed E-state index contributed by atoms with van der Waals surface area (Å²) in [6.07, 6.45) is 2.07. The van der Waals surface area contributed by atoms with Crippen LogP contribution in [0.4, 0.5) is 0 Å². The van der Waals surface area contributed by atoms with E-state index in [0.29, 0.717) is 12.2 Å². The highest BCUT2D eigenvalue weighted by Gasteiger charge is 2.16. The van der Waals surface area contributed by atoms with Crippen molar-refractivity contribution in [3.63, 3.8) is 0 Å². The average molecular weight is 454 g/mol. The molecule has 6 heteroatoms. The van der Waals surface area contributed by atoms with Gasteiger partial charge in [-0.05, 0) is 54.7 Å². The van der Waals surface area contributed by atoms with Crippen molar-refractivity contribution in [1.29, 1.82) is 0 Å². The van der Waals surface area contributed by atoms with E-state index in [1.807, 2.05) is 56.3 Å². The number of aryl methyl sites for hydroxylation is 2. The third kappa shape index (κ3) is 5.07. The Morgan fingerprint density at radius 3 is 2.03 bits per heavy atom. The van der Waals surface area contributed by atoms with Crippen LogP contribution in [-0.4, -0.2) is 27.4 Å². The molecule has 1 heterocycles. The summed E-state index contributed by atoms with van der Waals surface area (Å²) in [6.45, 7) is 4.25. The number of hydrogen-bond acceptors (Lipinski definition) is 4. The van der Waals surface area contributed by atoms with E-state index < -0.39 is 17.1 Å². The fraction of sp³-hybridized carbons (Fsp3) is 0.179. The van der Waals surface area contributed by atoms with Crippen LogP contribution in [0.1, 0.15) is 40.2 Å². The first kappa shape index (κ1) is 23.0. The second kappa shape index (κ2) is 10.2. The lowest BCUT2D eigenvalue weighted by Crippen LogP contribution is -2.31. The number of aromatic nitrogens is 2. The van der Waals surface area contributed by atoms with Crippen LogP contribution < -0.4 is 11.2 Å². The van der Waals surface area contributed by atoms with Crippen molar-refractivity contribution in [3.8, 4) is 11.6 Å². The number of nitrogens with one attached hydrogen (secondary N) is 1. The summed E-state index contributed by atoms with van der Waals surface area (Å²) >= 11 is 0. The summed E-state index contributed by atoms with van der Waals surface area (Å²) in [5, 5.41) is 10.8. The van der Waals surface area contributed by atoms with Crippen molar-refractivity contribution in [2.75, 3.05) is 6.54 Å². The van der Waals surface area contributed by atoms with E-state index in [2.05, 4.69) is 34.2 Å². The maximum absolute atomic E-state index is 12.5. The van der Waals surface area contributed by atoms with Crippen LogP contribution in [0, 0.1) is 13.8 Å². The van der Waals surface area contributed by atoms with Gasteiger partial charge in [0.2, 0.25) is 5.88 Å². The van der Waals surface area contributed by atoms with Gasteiger partial charge in [-0.25, -0.2) is 9.36 Å². The summed E-state index contributed by atoms with van der Waals surface area (Å²) in [7, 11) is 0. The molecular formula is C28H27N3O3. The fourth-order valence-corrected chi connectivity index (χ4v) is 4.23. The predicted molar refractivity (Wildman–Crippen MR) is 136 cm³/mol. The van der Waals surface area contributed by atoms with Gasteiger partial charge in [0.05, 0.1) is 5.69 Å². The maximum atomic E-state index is 12.5. The third-order valence-corrected chi connectivity index (χ3v) is 5.76.